The standard InChI is InChI=1S/C13H20N2OS/c1-9-13(14-2,7-8-16-9)12-15-10-5-3-4-6-11(10)17-12/h9,14H,3-8H2,1-2H3. The van der Waals surface area contributed by atoms with Crippen molar-refractivity contribution in [2.75, 3.05) is 13.7 Å². The van der Waals surface area contributed by atoms with E-state index >= 15 is 0 Å². The molecule has 0 spiro atoms. The van der Waals surface area contributed by atoms with Crippen LogP contribution in [0, 0.1) is 0 Å². The summed E-state index contributed by atoms with van der Waals surface area (Å²) in [6, 6.07) is 0. The van der Waals surface area contributed by atoms with Crippen molar-refractivity contribution >= 4 is 11.3 Å². The second-order valence-corrected chi connectivity index (χ2v) is 6.16. The lowest BCUT2D eigenvalue weighted by atomic mass is 9.93. The molecule has 1 aliphatic carbocycles. The Morgan fingerprint density at radius 1 is 1.41 bits per heavy atom. The summed E-state index contributed by atoms with van der Waals surface area (Å²) in [5, 5.41) is 4.72. The van der Waals surface area contributed by atoms with Crippen molar-refractivity contribution in [3.05, 3.63) is 15.6 Å². The fourth-order valence-electron chi connectivity index (χ4n) is 3.00. The first-order chi connectivity index (χ1) is 8.26. The highest BCUT2D eigenvalue weighted by Gasteiger charge is 2.44. The molecule has 1 N–H and O–H groups in total. The van der Waals surface area contributed by atoms with Crippen LogP contribution in [0.4, 0.5) is 0 Å². The van der Waals surface area contributed by atoms with Gasteiger partial charge < -0.3 is 10.1 Å². The Bertz CT molecular complexity index is 394. The van der Waals surface area contributed by atoms with E-state index in [1.807, 2.05) is 18.4 Å². The molecule has 1 saturated heterocycles. The van der Waals surface area contributed by atoms with Gasteiger partial charge in [-0.15, -0.1) is 11.3 Å². The molecule has 0 amide bonds. The van der Waals surface area contributed by atoms with Crippen LogP contribution >= 0.6 is 11.3 Å². The molecule has 1 aromatic rings. The number of nitrogens with zero attached hydrogens (tertiary/aromatic N) is 1. The average Bonchev–Trinajstić information content (AvgIpc) is 2.92. The van der Waals surface area contributed by atoms with Crippen molar-refractivity contribution in [3.63, 3.8) is 0 Å². The Hall–Kier alpha value is -0.450. The molecule has 4 heteroatoms. The number of aryl methyl sites for hydroxylation is 2. The van der Waals surface area contributed by atoms with Crippen molar-refractivity contribution in [2.45, 2.75) is 50.7 Å². The van der Waals surface area contributed by atoms with Gasteiger partial charge in [0, 0.05) is 11.5 Å². The van der Waals surface area contributed by atoms with Gasteiger partial charge in [-0.3, -0.25) is 0 Å². The van der Waals surface area contributed by atoms with Crippen molar-refractivity contribution in [1.29, 1.82) is 0 Å². The number of fused-ring (bicyclic) bond motifs is 1. The number of likely N-dealkylation sites (N-methyl/N-ethyl adjacent to an activating group) is 1. The predicted molar refractivity (Wildman–Crippen MR) is 69.5 cm³/mol. The highest BCUT2D eigenvalue weighted by molar-refractivity contribution is 7.11. The first-order valence-electron chi connectivity index (χ1n) is 6.56. The lowest BCUT2D eigenvalue weighted by molar-refractivity contribution is 0.0848. The van der Waals surface area contributed by atoms with Gasteiger partial charge in [-0.25, -0.2) is 4.98 Å². The summed E-state index contributed by atoms with van der Waals surface area (Å²) >= 11 is 1.91. The molecular formula is C13H20N2OS. The van der Waals surface area contributed by atoms with Gasteiger partial charge in [0.25, 0.3) is 0 Å². The van der Waals surface area contributed by atoms with Crippen molar-refractivity contribution in [1.82, 2.24) is 10.3 Å². The largest absolute Gasteiger partial charge is 0.376 e. The van der Waals surface area contributed by atoms with E-state index < -0.39 is 0 Å². The monoisotopic (exact) mass is 252 g/mol. The zero-order chi connectivity index (χ0) is 11.9. The summed E-state index contributed by atoms with van der Waals surface area (Å²) in [5.41, 5.74) is 1.31. The van der Waals surface area contributed by atoms with Crippen molar-refractivity contribution in [2.24, 2.45) is 0 Å². The molecule has 94 valence electrons. The summed E-state index contributed by atoms with van der Waals surface area (Å²) in [7, 11) is 2.03. The molecule has 17 heavy (non-hydrogen) atoms. The Labute approximate surface area is 107 Å². The van der Waals surface area contributed by atoms with Crippen LogP contribution in [-0.4, -0.2) is 24.7 Å². The lowest BCUT2D eigenvalue weighted by Gasteiger charge is -2.29. The molecule has 2 atom stereocenters. The van der Waals surface area contributed by atoms with Crippen LogP contribution in [0.25, 0.3) is 0 Å². The van der Waals surface area contributed by atoms with E-state index in [1.165, 1.54) is 41.3 Å². The van der Waals surface area contributed by atoms with Gasteiger partial charge in [-0.05, 0) is 46.1 Å². The summed E-state index contributed by atoms with van der Waals surface area (Å²) < 4.78 is 5.75. The van der Waals surface area contributed by atoms with Crippen LogP contribution in [0.15, 0.2) is 0 Å². The third-order valence-corrected chi connectivity index (χ3v) is 5.57. The number of ether oxygens (including phenoxy) is 1. The number of aromatic nitrogens is 1. The van der Waals surface area contributed by atoms with Gasteiger partial charge in [0.05, 0.1) is 17.3 Å². The third kappa shape index (κ3) is 1.74. The van der Waals surface area contributed by atoms with E-state index in [-0.39, 0.29) is 11.6 Å². The molecule has 2 unspecified atom stereocenters. The summed E-state index contributed by atoms with van der Waals surface area (Å²) in [4.78, 5) is 6.42. The number of rotatable bonds is 2. The van der Waals surface area contributed by atoms with E-state index in [0.717, 1.165) is 13.0 Å². The maximum atomic E-state index is 5.75. The second kappa shape index (κ2) is 4.34. The topological polar surface area (TPSA) is 34.2 Å². The molecule has 0 saturated carbocycles. The average molecular weight is 252 g/mol. The molecule has 0 bridgehead atoms. The van der Waals surface area contributed by atoms with Gasteiger partial charge in [0.15, 0.2) is 0 Å². The first kappa shape index (κ1) is 11.6. The van der Waals surface area contributed by atoms with Crippen LogP contribution in [0.2, 0.25) is 0 Å². The molecule has 1 fully saturated rings. The molecule has 3 rings (SSSR count). The minimum atomic E-state index is -0.0397. The SMILES string of the molecule is CNC1(c2nc3c(s2)CCCC3)CCOC1C. The van der Waals surface area contributed by atoms with Gasteiger partial charge in [0.2, 0.25) is 0 Å². The van der Waals surface area contributed by atoms with Gasteiger partial charge >= 0.3 is 0 Å². The molecule has 0 aromatic carbocycles. The normalized spacial score (nSPS) is 32.7. The Morgan fingerprint density at radius 3 is 2.88 bits per heavy atom. The number of nitrogens with one attached hydrogen (secondary N) is 1. The maximum Gasteiger partial charge on any atom is 0.116 e. The van der Waals surface area contributed by atoms with E-state index in [9.17, 15) is 0 Å². The van der Waals surface area contributed by atoms with Gasteiger partial charge in [-0.2, -0.15) is 0 Å². The van der Waals surface area contributed by atoms with Crippen LogP contribution in [0.3, 0.4) is 0 Å². The molecule has 2 aliphatic rings. The third-order valence-electron chi connectivity index (χ3n) is 4.23. The zero-order valence-corrected chi connectivity index (χ0v) is 11.4. The molecule has 2 heterocycles. The van der Waals surface area contributed by atoms with Crippen LogP contribution in [0.5, 0.6) is 0 Å². The van der Waals surface area contributed by atoms with E-state index in [1.54, 1.807) is 0 Å². The number of hydrogen-bond acceptors (Lipinski definition) is 4. The smallest absolute Gasteiger partial charge is 0.116 e. The number of hydrogen-bond donors (Lipinski definition) is 1. The fraction of sp³-hybridized carbons (Fsp3) is 0.769. The molecular weight excluding hydrogens is 232 g/mol. The van der Waals surface area contributed by atoms with E-state index in [2.05, 4.69) is 12.2 Å². The Balaban J connectivity index is 1.99. The minimum absolute atomic E-state index is 0.0397. The quantitative estimate of drug-likeness (QED) is 0.876. The maximum absolute atomic E-state index is 5.75. The van der Waals surface area contributed by atoms with E-state index in [4.69, 9.17) is 9.72 Å². The van der Waals surface area contributed by atoms with Gasteiger partial charge in [0.1, 0.15) is 5.01 Å². The summed E-state index contributed by atoms with van der Waals surface area (Å²) in [5.74, 6) is 0. The zero-order valence-electron chi connectivity index (χ0n) is 10.6. The predicted octanol–water partition coefficient (Wildman–Crippen LogP) is 2.25. The Morgan fingerprint density at radius 2 is 2.24 bits per heavy atom. The molecule has 3 nitrogen and oxygen atoms in total. The van der Waals surface area contributed by atoms with Gasteiger partial charge in [-0.1, -0.05) is 0 Å². The molecule has 1 aliphatic heterocycles. The van der Waals surface area contributed by atoms with Crippen LogP contribution in [0.1, 0.15) is 41.8 Å². The highest BCUT2D eigenvalue weighted by atomic mass is 32.1. The highest BCUT2D eigenvalue weighted by Crippen LogP contribution is 2.40. The Kier molecular flexibility index (Phi) is 2.97. The van der Waals surface area contributed by atoms with Crippen molar-refractivity contribution < 1.29 is 4.74 Å². The molecule has 0 radical (unpaired) electrons. The van der Waals surface area contributed by atoms with Crippen LogP contribution in [-0.2, 0) is 23.1 Å². The number of thiazole rings is 1. The second-order valence-electron chi connectivity index (χ2n) is 5.08. The lowest BCUT2D eigenvalue weighted by Crippen LogP contribution is -2.45. The summed E-state index contributed by atoms with van der Waals surface area (Å²) in [6.45, 7) is 3.00. The van der Waals surface area contributed by atoms with E-state index in [0.29, 0.717) is 0 Å². The van der Waals surface area contributed by atoms with Crippen LogP contribution < -0.4 is 5.32 Å². The first-order valence-corrected chi connectivity index (χ1v) is 7.37. The fourth-order valence-corrected chi connectivity index (χ4v) is 4.45. The minimum Gasteiger partial charge on any atom is -0.376 e. The van der Waals surface area contributed by atoms with Crippen molar-refractivity contribution in [3.8, 4) is 0 Å². The summed E-state index contributed by atoms with van der Waals surface area (Å²) in [6.07, 6.45) is 6.28. The molecule has 1 aromatic heterocycles.